The molecule has 0 fully saturated rings. The van der Waals surface area contributed by atoms with Gasteiger partial charge in [0.1, 0.15) is 29.8 Å². The lowest BCUT2D eigenvalue weighted by molar-refractivity contribution is -0.116. The van der Waals surface area contributed by atoms with Gasteiger partial charge in [-0.2, -0.15) is 0 Å². The lowest BCUT2D eigenvalue weighted by Crippen LogP contribution is -2.27. The van der Waals surface area contributed by atoms with Crippen LogP contribution in [0, 0.1) is 19.7 Å². The summed E-state index contributed by atoms with van der Waals surface area (Å²) in [5, 5.41) is 6.58. The number of anilines is 1. The minimum atomic E-state index is -0.537. The van der Waals surface area contributed by atoms with Crippen LogP contribution in [0.5, 0.6) is 0 Å². The fraction of sp³-hybridized carbons (Fsp3) is 0.143. The van der Waals surface area contributed by atoms with Crippen LogP contribution in [0.15, 0.2) is 58.1 Å². The van der Waals surface area contributed by atoms with E-state index in [2.05, 4.69) is 15.5 Å². The molecule has 7 nitrogen and oxygen atoms in total. The highest BCUT2D eigenvalue weighted by Crippen LogP contribution is 2.26. The van der Waals surface area contributed by atoms with E-state index < -0.39 is 11.4 Å². The van der Waals surface area contributed by atoms with Gasteiger partial charge in [-0.25, -0.2) is 9.37 Å². The quantitative estimate of drug-likeness (QED) is 0.575. The molecule has 1 amide bonds. The van der Waals surface area contributed by atoms with Gasteiger partial charge in [0.2, 0.25) is 5.91 Å². The summed E-state index contributed by atoms with van der Waals surface area (Å²) in [5.41, 5.74) is 2.42. The molecule has 29 heavy (non-hydrogen) atoms. The third-order valence-electron chi connectivity index (χ3n) is 4.70. The number of nitrogens with zero attached hydrogens (tertiary/aromatic N) is 3. The lowest BCUT2D eigenvalue weighted by Gasteiger charge is -2.09. The first-order valence-electron chi connectivity index (χ1n) is 8.91. The number of hydrogen-bond acceptors (Lipinski definition) is 5. The van der Waals surface area contributed by atoms with Gasteiger partial charge in [0.05, 0.1) is 0 Å². The molecule has 0 unspecified atom stereocenters. The third kappa shape index (κ3) is 3.52. The summed E-state index contributed by atoms with van der Waals surface area (Å²) >= 11 is 0. The van der Waals surface area contributed by atoms with Gasteiger partial charge in [-0.05, 0) is 49.2 Å². The molecule has 2 aromatic heterocycles. The Labute approximate surface area is 164 Å². The Morgan fingerprint density at radius 1 is 1.17 bits per heavy atom. The van der Waals surface area contributed by atoms with E-state index in [-0.39, 0.29) is 34.8 Å². The van der Waals surface area contributed by atoms with Crippen molar-refractivity contribution in [3.63, 3.8) is 0 Å². The monoisotopic (exact) mass is 392 g/mol. The van der Waals surface area contributed by atoms with Gasteiger partial charge in [0.15, 0.2) is 0 Å². The number of nitrogens with one attached hydrogen (secondary N) is 1. The van der Waals surface area contributed by atoms with Gasteiger partial charge in [-0.15, -0.1) is 0 Å². The summed E-state index contributed by atoms with van der Waals surface area (Å²) in [7, 11) is 0. The predicted octanol–water partition coefficient (Wildman–Crippen LogP) is 3.45. The van der Waals surface area contributed by atoms with Crippen LogP contribution in [-0.4, -0.2) is 20.6 Å². The molecular weight excluding hydrogens is 375 g/mol. The predicted molar refractivity (Wildman–Crippen MR) is 106 cm³/mol. The van der Waals surface area contributed by atoms with Crippen LogP contribution in [0.25, 0.3) is 22.4 Å². The molecule has 0 saturated heterocycles. The standard InChI is InChI=1S/C21H17FN4O3/c1-12-7-8-14(9-13(12)2)24-17(27)10-26-11-23-20-18(21(26)28)19(25-29-20)15-5-3-4-6-16(15)22/h3-9,11H,10H2,1-2H3,(H,24,27). The summed E-state index contributed by atoms with van der Waals surface area (Å²) in [6, 6.07) is 11.5. The number of aryl methyl sites for hydroxylation is 2. The molecule has 0 atom stereocenters. The van der Waals surface area contributed by atoms with E-state index >= 15 is 0 Å². The molecule has 4 rings (SSSR count). The molecule has 146 valence electrons. The number of fused-ring (bicyclic) bond motifs is 1. The van der Waals surface area contributed by atoms with Crippen LogP contribution in [0.4, 0.5) is 10.1 Å². The minimum absolute atomic E-state index is 0.0147. The number of carbonyl (C=O) groups is 1. The lowest BCUT2D eigenvalue weighted by atomic mass is 10.1. The number of benzene rings is 2. The fourth-order valence-electron chi connectivity index (χ4n) is 3.00. The van der Waals surface area contributed by atoms with Crippen molar-refractivity contribution in [2.75, 3.05) is 5.32 Å². The molecule has 0 aliphatic carbocycles. The van der Waals surface area contributed by atoms with E-state index in [1.165, 1.54) is 24.5 Å². The number of amides is 1. The Morgan fingerprint density at radius 2 is 1.97 bits per heavy atom. The molecule has 0 radical (unpaired) electrons. The molecule has 1 N–H and O–H groups in total. The van der Waals surface area contributed by atoms with Crippen LogP contribution in [0.1, 0.15) is 11.1 Å². The van der Waals surface area contributed by atoms with Gasteiger partial charge >= 0.3 is 0 Å². The van der Waals surface area contributed by atoms with E-state index in [0.29, 0.717) is 5.69 Å². The van der Waals surface area contributed by atoms with Gasteiger partial charge in [0, 0.05) is 11.3 Å². The van der Waals surface area contributed by atoms with E-state index in [0.717, 1.165) is 15.7 Å². The van der Waals surface area contributed by atoms with Gasteiger partial charge in [-0.1, -0.05) is 23.4 Å². The maximum atomic E-state index is 14.2. The highest BCUT2D eigenvalue weighted by Gasteiger charge is 2.20. The minimum Gasteiger partial charge on any atom is -0.335 e. The molecule has 2 heterocycles. The van der Waals surface area contributed by atoms with Crippen LogP contribution in [0.2, 0.25) is 0 Å². The van der Waals surface area contributed by atoms with Crippen molar-refractivity contribution in [2.45, 2.75) is 20.4 Å². The number of aromatic nitrogens is 3. The second-order valence-corrected chi connectivity index (χ2v) is 6.72. The number of halogens is 1. The maximum Gasteiger partial charge on any atom is 0.267 e. The van der Waals surface area contributed by atoms with Crippen LogP contribution < -0.4 is 10.9 Å². The van der Waals surface area contributed by atoms with Crippen molar-refractivity contribution < 1.29 is 13.7 Å². The molecule has 2 aromatic carbocycles. The van der Waals surface area contributed by atoms with Crippen molar-refractivity contribution in [3.8, 4) is 11.3 Å². The topological polar surface area (TPSA) is 90.0 Å². The van der Waals surface area contributed by atoms with Crippen molar-refractivity contribution in [1.29, 1.82) is 0 Å². The normalized spacial score (nSPS) is 11.0. The molecule has 0 bridgehead atoms. The van der Waals surface area contributed by atoms with Crippen molar-refractivity contribution in [3.05, 3.63) is 76.1 Å². The average Bonchev–Trinajstić information content (AvgIpc) is 3.12. The number of hydrogen-bond donors (Lipinski definition) is 1. The summed E-state index contributed by atoms with van der Waals surface area (Å²) in [6.45, 7) is 3.67. The Kier molecular flexibility index (Phi) is 4.67. The first kappa shape index (κ1) is 18.5. The van der Waals surface area contributed by atoms with Gasteiger partial charge < -0.3 is 9.84 Å². The Morgan fingerprint density at radius 3 is 2.72 bits per heavy atom. The third-order valence-corrected chi connectivity index (χ3v) is 4.70. The van der Waals surface area contributed by atoms with Crippen LogP contribution in [0.3, 0.4) is 0 Å². The summed E-state index contributed by atoms with van der Waals surface area (Å²) in [4.78, 5) is 29.4. The highest BCUT2D eigenvalue weighted by molar-refractivity contribution is 5.91. The van der Waals surface area contributed by atoms with E-state index in [4.69, 9.17) is 4.52 Å². The molecule has 0 aliphatic heterocycles. The zero-order valence-electron chi connectivity index (χ0n) is 15.8. The van der Waals surface area contributed by atoms with Crippen molar-refractivity contribution >= 4 is 22.7 Å². The Balaban J connectivity index is 1.66. The van der Waals surface area contributed by atoms with E-state index in [9.17, 15) is 14.0 Å². The summed E-state index contributed by atoms with van der Waals surface area (Å²) in [5.74, 6) is -0.926. The smallest absolute Gasteiger partial charge is 0.267 e. The molecule has 4 aromatic rings. The summed E-state index contributed by atoms with van der Waals surface area (Å²) in [6.07, 6.45) is 1.21. The zero-order chi connectivity index (χ0) is 20.5. The molecule has 8 heteroatoms. The number of rotatable bonds is 4. The largest absolute Gasteiger partial charge is 0.335 e. The average molecular weight is 392 g/mol. The van der Waals surface area contributed by atoms with Crippen LogP contribution >= 0.6 is 0 Å². The first-order chi connectivity index (χ1) is 13.9. The highest BCUT2D eigenvalue weighted by atomic mass is 19.1. The molecule has 0 saturated carbocycles. The van der Waals surface area contributed by atoms with E-state index in [1.807, 2.05) is 26.0 Å². The fourth-order valence-corrected chi connectivity index (χ4v) is 3.00. The summed E-state index contributed by atoms with van der Waals surface area (Å²) < 4.78 is 20.4. The molecular formula is C21H17FN4O3. The second-order valence-electron chi connectivity index (χ2n) is 6.72. The zero-order valence-corrected chi connectivity index (χ0v) is 15.8. The van der Waals surface area contributed by atoms with Crippen LogP contribution in [-0.2, 0) is 11.3 Å². The van der Waals surface area contributed by atoms with Gasteiger partial charge in [0.25, 0.3) is 11.3 Å². The molecule has 0 aliphatic rings. The van der Waals surface area contributed by atoms with E-state index in [1.54, 1.807) is 12.1 Å². The van der Waals surface area contributed by atoms with Gasteiger partial charge in [-0.3, -0.25) is 14.2 Å². The SMILES string of the molecule is Cc1ccc(NC(=O)Cn2cnc3onc(-c4ccccc4F)c3c2=O)cc1C. The number of carbonyl (C=O) groups excluding carboxylic acids is 1. The Hall–Kier alpha value is -3.81. The van der Waals surface area contributed by atoms with Crippen molar-refractivity contribution in [2.24, 2.45) is 0 Å². The Bertz CT molecular complexity index is 1290. The second kappa shape index (κ2) is 7.31. The first-order valence-corrected chi connectivity index (χ1v) is 8.91. The molecule has 0 spiro atoms. The maximum absolute atomic E-state index is 14.2. The van der Waals surface area contributed by atoms with Crippen molar-refractivity contribution in [1.82, 2.24) is 14.7 Å².